The predicted octanol–water partition coefficient (Wildman–Crippen LogP) is 2.28. The van der Waals surface area contributed by atoms with Gasteiger partial charge in [0, 0.05) is 11.6 Å². The van der Waals surface area contributed by atoms with E-state index in [4.69, 9.17) is 0 Å². The third-order valence-electron chi connectivity index (χ3n) is 2.51. The minimum absolute atomic E-state index is 0.685. The number of hydrogen-bond acceptors (Lipinski definition) is 2. The van der Waals surface area contributed by atoms with E-state index in [1.165, 1.54) is 0 Å². The Kier molecular flexibility index (Phi) is 2.14. The third-order valence-corrected chi connectivity index (χ3v) is 2.51. The van der Waals surface area contributed by atoms with Gasteiger partial charge in [-0.2, -0.15) is 5.10 Å². The molecule has 0 unspecified atom stereocenters. The molecule has 3 aromatic rings. The van der Waals surface area contributed by atoms with Gasteiger partial charge in [0.15, 0.2) is 0 Å². The number of aromatic nitrogens is 3. The molecule has 0 N–H and O–H groups in total. The molecule has 3 heteroatoms. The summed E-state index contributed by atoms with van der Waals surface area (Å²) < 4.78 is 1.91. The molecule has 1 radical (unpaired) electrons. The molecule has 2 aromatic heterocycles. The van der Waals surface area contributed by atoms with E-state index in [0.29, 0.717) is 6.54 Å². The van der Waals surface area contributed by atoms with Gasteiger partial charge in [-0.15, -0.1) is 0 Å². The standard InChI is InChI=1S/C13H10N3/c1-2-7-13-11(5-1)9-15-16(13)10-12-6-3-4-8-14-12/h1-8H,10H2. The lowest BCUT2D eigenvalue weighted by molar-refractivity contribution is 0.695. The Morgan fingerprint density at radius 2 is 1.94 bits per heavy atom. The van der Waals surface area contributed by atoms with Gasteiger partial charge in [-0.1, -0.05) is 24.3 Å². The number of nitrogens with zero attached hydrogens (tertiary/aromatic N) is 3. The van der Waals surface area contributed by atoms with E-state index in [2.05, 4.69) is 16.3 Å². The molecule has 3 rings (SSSR count). The molecule has 1 aromatic carbocycles. The van der Waals surface area contributed by atoms with Crippen LogP contribution < -0.4 is 0 Å². The molecule has 0 bridgehead atoms. The molecule has 0 saturated heterocycles. The third kappa shape index (κ3) is 1.56. The van der Waals surface area contributed by atoms with Crippen molar-refractivity contribution in [1.29, 1.82) is 0 Å². The smallest absolute Gasteiger partial charge is 0.121 e. The van der Waals surface area contributed by atoms with Crippen LogP contribution in [0.4, 0.5) is 0 Å². The molecule has 0 amide bonds. The number of fused-ring (bicyclic) bond motifs is 1. The summed E-state index contributed by atoms with van der Waals surface area (Å²) in [5.74, 6) is 0. The van der Waals surface area contributed by atoms with Gasteiger partial charge in [0.05, 0.1) is 17.8 Å². The van der Waals surface area contributed by atoms with Crippen LogP contribution in [-0.4, -0.2) is 14.8 Å². The maximum atomic E-state index is 4.29. The quantitative estimate of drug-likeness (QED) is 0.646. The second kappa shape index (κ2) is 3.77. The lowest BCUT2D eigenvalue weighted by Gasteiger charge is -2.02. The second-order valence-corrected chi connectivity index (χ2v) is 3.61. The van der Waals surface area contributed by atoms with Gasteiger partial charge in [0.25, 0.3) is 0 Å². The van der Waals surface area contributed by atoms with Gasteiger partial charge in [0.1, 0.15) is 6.20 Å². The zero-order chi connectivity index (χ0) is 10.8. The van der Waals surface area contributed by atoms with E-state index in [-0.39, 0.29) is 0 Å². The van der Waals surface area contributed by atoms with Crippen LogP contribution in [-0.2, 0) is 6.54 Å². The zero-order valence-corrected chi connectivity index (χ0v) is 8.67. The van der Waals surface area contributed by atoms with Crippen molar-refractivity contribution in [3.05, 3.63) is 60.6 Å². The minimum atomic E-state index is 0.685. The minimum Gasteiger partial charge on any atom is -0.259 e. The summed E-state index contributed by atoms with van der Waals surface area (Å²) in [4.78, 5) is 4.29. The highest BCUT2D eigenvalue weighted by atomic mass is 15.3. The van der Waals surface area contributed by atoms with Gasteiger partial charge >= 0.3 is 0 Å². The topological polar surface area (TPSA) is 30.7 Å². The number of hydrogen-bond donors (Lipinski definition) is 0. The lowest BCUT2D eigenvalue weighted by Crippen LogP contribution is -2.02. The highest BCUT2D eigenvalue weighted by molar-refractivity contribution is 5.77. The summed E-state index contributed by atoms with van der Waals surface area (Å²) in [5, 5.41) is 5.28. The molecule has 0 aliphatic rings. The van der Waals surface area contributed by atoms with Crippen LogP contribution in [0.3, 0.4) is 0 Å². The Labute approximate surface area is 93.4 Å². The highest BCUT2D eigenvalue weighted by Crippen LogP contribution is 2.12. The molecule has 0 saturated carbocycles. The highest BCUT2D eigenvalue weighted by Gasteiger charge is 2.02. The Balaban J connectivity index is 2.01. The van der Waals surface area contributed by atoms with E-state index in [9.17, 15) is 0 Å². The zero-order valence-electron chi connectivity index (χ0n) is 8.67. The average Bonchev–Trinajstić information content (AvgIpc) is 2.74. The molecular formula is C13H10N3. The number of para-hydroxylation sites is 1. The Morgan fingerprint density at radius 3 is 2.81 bits per heavy atom. The van der Waals surface area contributed by atoms with Crippen LogP contribution in [0.25, 0.3) is 10.9 Å². The van der Waals surface area contributed by atoms with E-state index < -0.39 is 0 Å². The van der Waals surface area contributed by atoms with Gasteiger partial charge in [-0.25, -0.2) is 0 Å². The largest absolute Gasteiger partial charge is 0.259 e. The van der Waals surface area contributed by atoms with Crippen LogP contribution >= 0.6 is 0 Å². The van der Waals surface area contributed by atoms with Gasteiger partial charge in [-0.05, 0) is 18.2 Å². The fourth-order valence-electron chi connectivity index (χ4n) is 1.73. The van der Waals surface area contributed by atoms with Crippen LogP contribution in [0.5, 0.6) is 0 Å². The Hall–Kier alpha value is -2.16. The van der Waals surface area contributed by atoms with Crippen LogP contribution in [0, 0.1) is 6.20 Å². The monoisotopic (exact) mass is 208 g/mol. The van der Waals surface area contributed by atoms with Crippen LogP contribution in [0.2, 0.25) is 0 Å². The Morgan fingerprint density at radius 1 is 1.06 bits per heavy atom. The molecule has 0 aliphatic heterocycles. The van der Waals surface area contributed by atoms with Crippen molar-refractivity contribution in [2.24, 2.45) is 0 Å². The van der Waals surface area contributed by atoms with E-state index in [1.54, 1.807) is 6.20 Å². The van der Waals surface area contributed by atoms with Crippen molar-refractivity contribution in [2.45, 2.75) is 6.54 Å². The first-order valence-electron chi connectivity index (χ1n) is 5.16. The van der Waals surface area contributed by atoms with Crippen molar-refractivity contribution in [1.82, 2.24) is 14.8 Å². The normalized spacial score (nSPS) is 10.8. The number of pyridine rings is 1. The molecule has 0 fully saturated rings. The van der Waals surface area contributed by atoms with Crippen molar-refractivity contribution < 1.29 is 0 Å². The number of rotatable bonds is 2. The van der Waals surface area contributed by atoms with Crippen molar-refractivity contribution >= 4 is 10.9 Å². The first-order valence-corrected chi connectivity index (χ1v) is 5.16. The van der Waals surface area contributed by atoms with Crippen molar-refractivity contribution in [2.75, 3.05) is 0 Å². The second-order valence-electron chi connectivity index (χ2n) is 3.61. The first kappa shape index (κ1) is 9.09. The van der Waals surface area contributed by atoms with E-state index in [0.717, 1.165) is 16.6 Å². The predicted molar refractivity (Wildman–Crippen MR) is 61.9 cm³/mol. The summed E-state index contributed by atoms with van der Waals surface area (Å²) in [6.07, 6.45) is 4.79. The molecule has 2 heterocycles. The molecule has 0 atom stereocenters. The maximum Gasteiger partial charge on any atom is 0.121 e. The molecule has 16 heavy (non-hydrogen) atoms. The first-order chi connectivity index (χ1) is 7.93. The molecule has 0 spiro atoms. The Bertz CT molecular complexity index is 599. The molecular weight excluding hydrogens is 198 g/mol. The van der Waals surface area contributed by atoms with E-state index in [1.807, 2.05) is 47.1 Å². The molecule has 0 aliphatic carbocycles. The fraction of sp³-hybridized carbons (Fsp3) is 0.0769. The summed E-state index contributed by atoms with van der Waals surface area (Å²) in [6.45, 7) is 0.685. The maximum absolute atomic E-state index is 4.29. The summed E-state index contributed by atoms with van der Waals surface area (Å²) in [5.41, 5.74) is 2.10. The van der Waals surface area contributed by atoms with Crippen molar-refractivity contribution in [3.63, 3.8) is 0 Å². The summed E-state index contributed by atoms with van der Waals surface area (Å²) in [7, 11) is 0. The average molecular weight is 208 g/mol. The van der Waals surface area contributed by atoms with Crippen LogP contribution in [0.15, 0.2) is 48.7 Å². The summed E-state index contributed by atoms with van der Waals surface area (Å²) in [6, 6.07) is 13.9. The lowest BCUT2D eigenvalue weighted by atomic mass is 10.2. The van der Waals surface area contributed by atoms with Gasteiger partial charge in [0.2, 0.25) is 0 Å². The fourth-order valence-corrected chi connectivity index (χ4v) is 1.73. The van der Waals surface area contributed by atoms with E-state index >= 15 is 0 Å². The summed E-state index contributed by atoms with van der Waals surface area (Å²) >= 11 is 0. The van der Waals surface area contributed by atoms with Crippen LogP contribution in [0.1, 0.15) is 5.69 Å². The SMILES string of the molecule is [c]1nn(Cc2ccccn2)c2ccccc12. The number of benzene rings is 1. The van der Waals surface area contributed by atoms with Gasteiger partial charge < -0.3 is 0 Å². The van der Waals surface area contributed by atoms with Gasteiger partial charge in [-0.3, -0.25) is 9.67 Å². The van der Waals surface area contributed by atoms with Crippen molar-refractivity contribution in [3.8, 4) is 0 Å². The molecule has 77 valence electrons. The molecule has 3 nitrogen and oxygen atoms in total.